The van der Waals surface area contributed by atoms with E-state index < -0.39 is 71.7 Å². The van der Waals surface area contributed by atoms with E-state index in [1.807, 2.05) is 48.5 Å². The van der Waals surface area contributed by atoms with Gasteiger partial charge in [0.15, 0.2) is 0 Å². The molecular weight excluding hydrogens is 607 g/mol. The normalized spacial score (nSPS) is 12.7. The molecule has 0 heterocycles. The minimum atomic E-state index is -2.42. The van der Waals surface area contributed by atoms with Crippen LogP contribution in [0.5, 0.6) is 5.75 Å². The van der Waals surface area contributed by atoms with Gasteiger partial charge in [0.25, 0.3) is 0 Å². The number of nitrogens with one attached hydrogen (secondary N) is 2. The number of carbonyl (C=O) groups is 3. The van der Waals surface area contributed by atoms with Gasteiger partial charge in [-0.2, -0.15) is 8.78 Å². The maximum absolute atomic E-state index is 14.0. The average Bonchev–Trinajstić information content (AvgIpc) is 3.37. The zero-order valence-corrected chi connectivity index (χ0v) is 24.0. The number of benzene rings is 3. The predicted molar refractivity (Wildman–Crippen MR) is 149 cm³/mol. The highest BCUT2D eigenvalue weighted by atomic mass is 19.2. The summed E-state index contributed by atoms with van der Waals surface area (Å²) < 4.78 is 88.2. The molecule has 0 bridgehead atoms. The summed E-state index contributed by atoms with van der Waals surface area (Å²) in [6.45, 7) is 0.613. The SMILES string of the molecule is COCCOCCNC(=O)[C@H](CCC(=O)Oc1c(F)c(F)c(F)c(F)c1F)NC(=O)OCC1c2ccccc2-c2ccccc21. The molecule has 0 saturated carbocycles. The van der Waals surface area contributed by atoms with E-state index in [0.29, 0.717) is 6.61 Å². The highest BCUT2D eigenvalue weighted by Crippen LogP contribution is 2.44. The van der Waals surface area contributed by atoms with Crippen molar-refractivity contribution in [3.8, 4) is 16.9 Å². The molecule has 0 spiro atoms. The van der Waals surface area contributed by atoms with E-state index in [2.05, 4.69) is 15.4 Å². The molecule has 1 aliphatic carbocycles. The molecule has 14 heteroatoms. The maximum Gasteiger partial charge on any atom is 0.407 e. The van der Waals surface area contributed by atoms with Gasteiger partial charge in [0.2, 0.25) is 40.7 Å². The molecule has 3 aromatic carbocycles. The molecule has 9 nitrogen and oxygen atoms in total. The molecule has 3 aromatic rings. The molecule has 4 rings (SSSR count). The number of hydrogen-bond acceptors (Lipinski definition) is 7. The third kappa shape index (κ3) is 7.94. The van der Waals surface area contributed by atoms with Gasteiger partial charge in [0, 0.05) is 26.0 Å². The zero-order valence-electron chi connectivity index (χ0n) is 24.0. The van der Waals surface area contributed by atoms with E-state index in [0.717, 1.165) is 22.3 Å². The molecule has 0 aliphatic heterocycles. The molecule has 0 radical (unpaired) electrons. The van der Waals surface area contributed by atoms with Crippen LogP contribution in [0, 0.1) is 29.1 Å². The maximum atomic E-state index is 14.0. The predicted octanol–water partition coefficient (Wildman–Crippen LogP) is 4.75. The fourth-order valence-electron chi connectivity index (χ4n) is 4.77. The second-order valence-electron chi connectivity index (χ2n) is 9.83. The van der Waals surface area contributed by atoms with Gasteiger partial charge in [-0.15, -0.1) is 0 Å². The Morgan fingerprint density at radius 1 is 0.800 bits per heavy atom. The summed E-state index contributed by atoms with van der Waals surface area (Å²) in [5, 5.41) is 4.87. The topological polar surface area (TPSA) is 112 Å². The summed E-state index contributed by atoms with van der Waals surface area (Å²) in [5.74, 6) is -15.9. The summed E-state index contributed by atoms with van der Waals surface area (Å²) >= 11 is 0. The third-order valence-corrected chi connectivity index (χ3v) is 6.95. The van der Waals surface area contributed by atoms with Gasteiger partial charge in [0.05, 0.1) is 19.8 Å². The first-order valence-corrected chi connectivity index (χ1v) is 13.8. The van der Waals surface area contributed by atoms with Gasteiger partial charge < -0.3 is 29.6 Å². The first-order chi connectivity index (χ1) is 21.6. The lowest BCUT2D eigenvalue weighted by Gasteiger charge is -2.20. The molecule has 1 aliphatic rings. The molecule has 0 aromatic heterocycles. The van der Waals surface area contributed by atoms with Crippen LogP contribution in [0.3, 0.4) is 0 Å². The van der Waals surface area contributed by atoms with Crippen molar-refractivity contribution in [3.05, 3.63) is 88.7 Å². The van der Waals surface area contributed by atoms with Crippen LogP contribution in [-0.2, 0) is 23.8 Å². The van der Waals surface area contributed by atoms with Crippen molar-refractivity contribution in [2.45, 2.75) is 24.8 Å². The first kappa shape index (κ1) is 33.3. The Morgan fingerprint density at radius 2 is 1.38 bits per heavy atom. The van der Waals surface area contributed by atoms with E-state index in [-0.39, 0.29) is 32.3 Å². The van der Waals surface area contributed by atoms with E-state index in [1.165, 1.54) is 7.11 Å². The minimum absolute atomic E-state index is 0.0143. The monoisotopic (exact) mass is 636 g/mol. The second kappa shape index (κ2) is 15.4. The number of fused-ring (bicyclic) bond motifs is 3. The van der Waals surface area contributed by atoms with Gasteiger partial charge in [-0.3, -0.25) is 9.59 Å². The van der Waals surface area contributed by atoms with Crippen LogP contribution in [0.15, 0.2) is 48.5 Å². The van der Waals surface area contributed by atoms with Crippen LogP contribution < -0.4 is 15.4 Å². The van der Waals surface area contributed by atoms with Crippen molar-refractivity contribution in [1.29, 1.82) is 0 Å². The molecule has 45 heavy (non-hydrogen) atoms. The lowest BCUT2D eigenvalue weighted by Crippen LogP contribution is -2.48. The molecule has 0 fully saturated rings. The van der Waals surface area contributed by atoms with Gasteiger partial charge >= 0.3 is 12.1 Å². The van der Waals surface area contributed by atoms with Gasteiger partial charge in [-0.05, 0) is 28.7 Å². The van der Waals surface area contributed by atoms with Crippen molar-refractivity contribution >= 4 is 18.0 Å². The Bertz CT molecular complexity index is 1480. The highest BCUT2D eigenvalue weighted by Gasteiger charge is 2.31. The number of carbonyl (C=O) groups excluding carboxylic acids is 3. The molecule has 240 valence electrons. The smallest absolute Gasteiger partial charge is 0.407 e. The summed E-state index contributed by atoms with van der Waals surface area (Å²) in [7, 11) is 1.49. The van der Waals surface area contributed by atoms with E-state index in [4.69, 9.17) is 14.2 Å². The lowest BCUT2D eigenvalue weighted by molar-refractivity contribution is -0.135. The molecule has 1 atom stereocenters. The number of amides is 2. The number of methoxy groups -OCH3 is 1. The number of rotatable bonds is 14. The van der Waals surface area contributed by atoms with Crippen LogP contribution in [0.1, 0.15) is 29.9 Å². The highest BCUT2D eigenvalue weighted by molar-refractivity contribution is 5.86. The summed E-state index contributed by atoms with van der Waals surface area (Å²) in [4.78, 5) is 38.0. The average molecular weight is 637 g/mol. The standard InChI is InChI=1S/C31H29F5N2O7/c1-42-14-15-43-13-12-37-30(40)22(10-11-23(39)45-29-27(35)25(33)24(32)26(34)28(29)36)38-31(41)44-16-21-19-8-4-2-6-17(19)18-7-3-5-9-20(18)21/h2-9,21-22H,10-16H2,1H3,(H,37,40)(H,38,41)/t22-/m0/s1. The van der Waals surface area contributed by atoms with E-state index >= 15 is 0 Å². The summed E-state index contributed by atoms with van der Waals surface area (Å²) in [6.07, 6.45) is -2.23. The quantitative estimate of drug-likeness (QED) is 0.0656. The van der Waals surface area contributed by atoms with Crippen molar-refractivity contribution in [2.24, 2.45) is 0 Å². The van der Waals surface area contributed by atoms with Crippen LogP contribution in [0.2, 0.25) is 0 Å². The third-order valence-electron chi connectivity index (χ3n) is 6.95. The molecule has 0 saturated heterocycles. The van der Waals surface area contributed by atoms with Crippen LogP contribution in [0.4, 0.5) is 26.7 Å². The zero-order chi connectivity index (χ0) is 32.5. The largest absolute Gasteiger partial charge is 0.449 e. The second-order valence-corrected chi connectivity index (χ2v) is 9.83. The molecule has 0 unspecified atom stereocenters. The van der Waals surface area contributed by atoms with Gasteiger partial charge in [0.1, 0.15) is 12.6 Å². The first-order valence-electron chi connectivity index (χ1n) is 13.8. The fourth-order valence-corrected chi connectivity index (χ4v) is 4.77. The Labute approximate surface area is 254 Å². The Kier molecular flexibility index (Phi) is 11.4. The van der Waals surface area contributed by atoms with E-state index in [9.17, 15) is 36.3 Å². The summed E-state index contributed by atoms with van der Waals surface area (Å²) in [6, 6.07) is 13.9. The van der Waals surface area contributed by atoms with Crippen molar-refractivity contribution < 1.29 is 55.3 Å². The van der Waals surface area contributed by atoms with Crippen LogP contribution >= 0.6 is 0 Å². The van der Waals surface area contributed by atoms with Crippen molar-refractivity contribution in [2.75, 3.05) is 40.1 Å². The summed E-state index contributed by atoms with van der Waals surface area (Å²) in [5.41, 5.74) is 3.90. The van der Waals surface area contributed by atoms with Gasteiger partial charge in [-0.1, -0.05) is 48.5 Å². The van der Waals surface area contributed by atoms with Gasteiger partial charge in [-0.25, -0.2) is 18.0 Å². The molecule has 2 N–H and O–H groups in total. The number of ether oxygens (including phenoxy) is 4. The van der Waals surface area contributed by atoms with Crippen LogP contribution in [0.25, 0.3) is 11.1 Å². The fraction of sp³-hybridized carbons (Fsp3) is 0.323. The van der Waals surface area contributed by atoms with Crippen molar-refractivity contribution in [3.63, 3.8) is 0 Å². The van der Waals surface area contributed by atoms with E-state index in [1.54, 1.807) is 0 Å². The lowest BCUT2D eigenvalue weighted by atomic mass is 9.98. The molecule has 2 amide bonds. The minimum Gasteiger partial charge on any atom is -0.449 e. The number of alkyl carbamates (subject to hydrolysis) is 1. The van der Waals surface area contributed by atoms with Crippen LogP contribution in [-0.4, -0.2) is 64.1 Å². The Balaban J connectivity index is 1.40. The number of esters is 1. The number of hydrogen-bond donors (Lipinski definition) is 2. The Hall–Kier alpha value is -4.56. The number of halogens is 5. The Morgan fingerprint density at radius 3 is 1.98 bits per heavy atom. The molecular formula is C31H29F5N2O7. The van der Waals surface area contributed by atoms with Crippen molar-refractivity contribution in [1.82, 2.24) is 10.6 Å².